The Kier molecular flexibility index (Phi) is 8.72. The molecule has 1 saturated heterocycles. The summed E-state index contributed by atoms with van der Waals surface area (Å²) in [6, 6.07) is 19.9. The zero-order chi connectivity index (χ0) is 27.0. The lowest BCUT2D eigenvalue weighted by atomic mass is 9.95. The van der Waals surface area contributed by atoms with Gasteiger partial charge in [0.1, 0.15) is 11.7 Å². The van der Waals surface area contributed by atoms with Gasteiger partial charge in [-0.2, -0.15) is 0 Å². The average molecular weight is 522 g/mol. The molecule has 38 heavy (non-hydrogen) atoms. The topological polar surface area (TPSA) is 158 Å². The van der Waals surface area contributed by atoms with Crippen LogP contribution in [0.4, 0.5) is 0 Å². The number of hydrogen-bond acceptors (Lipinski definition) is 8. The molecule has 2 heterocycles. The van der Waals surface area contributed by atoms with E-state index in [-0.39, 0.29) is 26.4 Å². The molecule has 4 atom stereocenters. The van der Waals surface area contributed by atoms with Crippen molar-refractivity contribution in [2.45, 2.75) is 44.2 Å². The third-order valence-electron chi connectivity index (χ3n) is 6.01. The van der Waals surface area contributed by atoms with Crippen molar-refractivity contribution in [3.05, 3.63) is 115 Å². The number of carbonyl (C=O) groups excluding carboxylic acids is 1. The van der Waals surface area contributed by atoms with Gasteiger partial charge in [-0.25, -0.2) is 4.79 Å². The molecule has 4 rings (SSSR count). The number of carbonyl (C=O) groups is 1. The third kappa shape index (κ3) is 6.36. The van der Waals surface area contributed by atoms with Crippen LogP contribution in [0.15, 0.2) is 87.6 Å². The van der Waals surface area contributed by atoms with E-state index in [9.17, 15) is 14.4 Å². The van der Waals surface area contributed by atoms with Crippen LogP contribution in [0.5, 0.6) is 0 Å². The van der Waals surface area contributed by atoms with E-state index in [1.807, 2.05) is 60.7 Å². The van der Waals surface area contributed by atoms with Crippen LogP contribution in [0.2, 0.25) is 0 Å². The van der Waals surface area contributed by atoms with E-state index in [0.717, 1.165) is 21.8 Å². The number of aromatic amines is 1. The number of nitrogens with zero attached hydrogens (tertiary/aromatic N) is 4. The van der Waals surface area contributed by atoms with Crippen molar-refractivity contribution in [2.24, 2.45) is 5.11 Å². The van der Waals surface area contributed by atoms with E-state index >= 15 is 0 Å². The Bertz CT molecular complexity index is 1390. The maximum atomic E-state index is 12.7. The predicted molar refractivity (Wildman–Crippen MR) is 135 cm³/mol. The summed E-state index contributed by atoms with van der Waals surface area (Å²) in [4.78, 5) is 41.6. The Morgan fingerprint density at radius 3 is 2.34 bits per heavy atom. The van der Waals surface area contributed by atoms with Crippen LogP contribution in [-0.4, -0.2) is 46.5 Å². The van der Waals surface area contributed by atoms with E-state index in [0.29, 0.717) is 0 Å². The summed E-state index contributed by atoms with van der Waals surface area (Å²) >= 11 is 0. The highest BCUT2D eigenvalue weighted by atomic mass is 16.6. The van der Waals surface area contributed by atoms with Crippen molar-refractivity contribution >= 4 is 5.97 Å². The second-order valence-corrected chi connectivity index (χ2v) is 8.75. The lowest BCUT2D eigenvalue weighted by Crippen LogP contribution is -2.51. The molecule has 0 saturated carbocycles. The van der Waals surface area contributed by atoms with Crippen LogP contribution < -0.4 is 11.2 Å². The molecule has 12 heteroatoms. The normalized spacial score (nSPS) is 22.5. The molecule has 2 aromatic carbocycles. The number of benzene rings is 2. The van der Waals surface area contributed by atoms with Gasteiger partial charge < -0.3 is 18.9 Å². The fraction of sp³-hybridized carbons (Fsp3) is 0.346. The summed E-state index contributed by atoms with van der Waals surface area (Å²) in [5, 5.41) is 3.74. The summed E-state index contributed by atoms with van der Waals surface area (Å²) in [6.45, 7) is 1.18. The van der Waals surface area contributed by atoms with Crippen molar-refractivity contribution in [2.75, 3.05) is 13.2 Å². The molecule has 3 aromatic rings. The zero-order valence-corrected chi connectivity index (χ0v) is 20.6. The van der Waals surface area contributed by atoms with Gasteiger partial charge in [-0.1, -0.05) is 65.8 Å². The van der Waals surface area contributed by atoms with Gasteiger partial charge in [0, 0.05) is 24.1 Å². The molecule has 1 aromatic heterocycles. The van der Waals surface area contributed by atoms with Gasteiger partial charge in [0.2, 0.25) is 0 Å². The number of azide groups is 1. The Morgan fingerprint density at radius 2 is 1.74 bits per heavy atom. The summed E-state index contributed by atoms with van der Waals surface area (Å²) in [5.41, 5.74) is 8.06. The maximum absolute atomic E-state index is 12.7. The molecule has 0 bridgehead atoms. The van der Waals surface area contributed by atoms with Crippen molar-refractivity contribution in [1.82, 2.24) is 9.55 Å². The molecule has 1 N–H and O–H groups in total. The van der Waals surface area contributed by atoms with E-state index < -0.39 is 41.3 Å². The van der Waals surface area contributed by atoms with E-state index in [2.05, 4.69) is 15.0 Å². The number of ether oxygens (including phenoxy) is 4. The number of H-pyrrole nitrogens is 1. The van der Waals surface area contributed by atoms with E-state index in [1.54, 1.807) is 0 Å². The van der Waals surface area contributed by atoms with Gasteiger partial charge >= 0.3 is 11.7 Å². The Hall–Kier alpha value is -4.22. The van der Waals surface area contributed by atoms with Gasteiger partial charge in [-0.15, -0.1) is 0 Å². The van der Waals surface area contributed by atoms with Gasteiger partial charge in [-0.3, -0.25) is 19.1 Å². The number of hydrogen-bond donors (Lipinski definition) is 1. The van der Waals surface area contributed by atoms with Crippen LogP contribution in [0.3, 0.4) is 0 Å². The summed E-state index contributed by atoms with van der Waals surface area (Å²) in [5.74, 6) is -0.640. The Balaban J connectivity index is 1.73. The van der Waals surface area contributed by atoms with Gasteiger partial charge in [0.05, 0.1) is 26.4 Å². The first-order valence-corrected chi connectivity index (χ1v) is 11.9. The molecule has 0 unspecified atom stereocenters. The molecule has 198 valence electrons. The molecule has 0 amide bonds. The molecule has 1 aliphatic rings. The minimum Gasteiger partial charge on any atom is -0.455 e. The van der Waals surface area contributed by atoms with Gasteiger partial charge in [0.25, 0.3) is 5.56 Å². The summed E-state index contributed by atoms with van der Waals surface area (Å²) in [7, 11) is 0. The molecule has 0 spiro atoms. The number of aromatic nitrogens is 2. The summed E-state index contributed by atoms with van der Waals surface area (Å²) in [6.07, 6.45) is -2.13. The molecule has 1 aliphatic heterocycles. The van der Waals surface area contributed by atoms with Crippen molar-refractivity contribution in [3.8, 4) is 0 Å². The predicted octanol–water partition coefficient (Wildman–Crippen LogP) is 2.85. The minimum absolute atomic E-state index is 0.108. The average Bonchev–Trinajstić information content (AvgIpc) is 3.19. The first kappa shape index (κ1) is 26.8. The number of rotatable bonds is 11. The lowest BCUT2D eigenvalue weighted by Gasteiger charge is -2.33. The maximum Gasteiger partial charge on any atom is 0.330 e. The van der Waals surface area contributed by atoms with Crippen molar-refractivity contribution in [3.63, 3.8) is 0 Å². The quantitative estimate of drug-likeness (QED) is 0.176. The lowest BCUT2D eigenvalue weighted by molar-refractivity contribution is -0.159. The van der Waals surface area contributed by atoms with Crippen molar-refractivity contribution in [1.29, 1.82) is 0 Å². The smallest absolute Gasteiger partial charge is 0.330 e. The van der Waals surface area contributed by atoms with Crippen LogP contribution in [0.25, 0.3) is 10.4 Å². The van der Waals surface area contributed by atoms with Crippen LogP contribution >= 0.6 is 0 Å². The fourth-order valence-corrected chi connectivity index (χ4v) is 4.34. The van der Waals surface area contributed by atoms with E-state index in [1.165, 1.54) is 13.1 Å². The SMILES string of the molecule is CC(=O)O[C@H]1[C@H](n2ccc(=O)[nH]c2=O)O[C@](CN=[N+]=[N-])(COCc2ccccc2)[C@H]1OCc1ccccc1. The highest BCUT2D eigenvalue weighted by molar-refractivity contribution is 5.66. The highest BCUT2D eigenvalue weighted by Crippen LogP contribution is 2.41. The standard InChI is InChI=1S/C26H27N5O7/c1-18(32)37-22-23(36-15-20-10-6-3-7-11-20)26(16-28-30-27,17-35-14-19-8-4-2-5-9-19)38-24(22)31-13-12-21(33)29-25(31)34/h2-13,22-24H,14-17H2,1H3,(H,29,33,34)/t22-,23+,24-,26-/m1/s1. The molecular weight excluding hydrogens is 494 g/mol. The summed E-state index contributed by atoms with van der Waals surface area (Å²) < 4.78 is 25.4. The second kappa shape index (κ2) is 12.3. The van der Waals surface area contributed by atoms with Gasteiger partial charge in [0.15, 0.2) is 12.3 Å². The molecule has 12 nitrogen and oxygen atoms in total. The Labute approximate surface area is 217 Å². The fourth-order valence-electron chi connectivity index (χ4n) is 4.34. The van der Waals surface area contributed by atoms with Crippen LogP contribution in [0.1, 0.15) is 24.3 Å². The monoisotopic (exact) mass is 521 g/mol. The van der Waals surface area contributed by atoms with E-state index in [4.69, 9.17) is 24.5 Å². The van der Waals surface area contributed by atoms with Crippen molar-refractivity contribution < 1.29 is 23.7 Å². The molecule has 0 aliphatic carbocycles. The number of nitrogens with one attached hydrogen (secondary N) is 1. The first-order valence-electron chi connectivity index (χ1n) is 11.9. The third-order valence-corrected chi connectivity index (χ3v) is 6.01. The highest BCUT2D eigenvalue weighted by Gasteiger charge is 2.58. The minimum atomic E-state index is -1.45. The van der Waals surface area contributed by atoms with Crippen LogP contribution in [0, 0.1) is 0 Å². The first-order chi connectivity index (χ1) is 18.4. The van der Waals surface area contributed by atoms with Crippen LogP contribution in [-0.2, 0) is 37.0 Å². The van der Waals surface area contributed by atoms with Gasteiger partial charge in [-0.05, 0) is 16.7 Å². The second-order valence-electron chi connectivity index (χ2n) is 8.75. The largest absolute Gasteiger partial charge is 0.455 e. The molecular formula is C26H27N5O7. The molecule has 1 fully saturated rings. The zero-order valence-electron chi connectivity index (χ0n) is 20.6. The molecule has 0 radical (unpaired) electrons. The number of esters is 1. The Morgan fingerprint density at radius 1 is 1.08 bits per heavy atom.